The van der Waals surface area contributed by atoms with Gasteiger partial charge in [0, 0.05) is 6.54 Å². The molecule has 0 heterocycles. The summed E-state index contributed by atoms with van der Waals surface area (Å²) in [6.45, 7) is 2.11. The van der Waals surface area contributed by atoms with Gasteiger partial charge in [0.05, 0.1) is 33.5 Å². The highest BCUT2D eigenvalue weighted by atomic mass is 16.5. The van der Waals surface area contributed by atoms with E-state index < -0.39 is 6.10 Å². The van der Waals surface area contributed by atoms with Crippen molar-refractivity contribution in [2.45, 2.75) is 19.1 Å². The van der Waals surface area contributed by atoms with Crippen LogP contribution in [0.15, 0.2) is 48.5 Å². The number of rotatable bonds is 11. The Bertz CT molecular complexity index is 618. The quantitative estimate of drug-likeness (QED) is 0.613. The zero-order valence-corrected chi connectivity index (χ0v) is 14.9. The first-order valence-corrected chi connectivity index (χ1v) is 8.44. The van der Waals surface area contributed by atoms with Crippen LogP contribution in [0.5, 0.6) is 11.5 Å². The van der Waals surface area contributed by atoms with Crippen molar-refractivity contribution in [3.8, 4) is 11.5 Å². The highest BCUT2D eigenvalue weighted by molar-refractivity contribution is 5.42. The predicted octanol–water partition coefficient (Wildman–Crippen LogP) is 2.41. The van der Waals surface area contributed by atoms with Crippen molar-refractivity contribution in [3.05, 3.63) is 59.7 Å². The first-order valence-electron chi connectivity index (χ1n) is 8.44. The molecular formula is C20H27NO4. The van der Waals surface area contributed by atoms with Crippen molar-refractivity contribution in [2.75, 3.05) is 33.9 Å². The Kier molecular flexibility index (Phi) is 8.25. The van der Waals surface area contributed by atoms with Crippen LogP contribution in [0.2, 0.25) is 0 Å². The van der Waals surface area contributed by atoms with Crippen LogP contribution in [-0.2, 0) is 17.8 Å². The third-order valence-corrected chi connectivity index (χ3v) is 3.84. The van der Waals surface area contributed by atoms with Crippen LogP contribution >= 0.6 is 0 Å². The fraction of sp³-hybridized carbons (Fsp3) is 0.400. The number of aliphatic hydroxyl groups excluding tert-OH is 1. The third kappa shape index (κ3) is 6.74. The van der Waals surface area contributed by atoms with Gasteiger partial charge in [0.2, 0.25) is 0 Å². The Balaban J connectivity index is 1.62. The van der Waals surface area contributed by atoms with Crippen molar-refractivity contribution in [1.29, 1.82) is 0 Å². The minimum absolute atomic E-state index is 0.318. The SMILES string of the molecule is COc1ccc(CCNCC(O)COCc2ccccc2)cc1OC. The maximum absolute atomic E-state index is 9.95. The van der Waals surface area contributed by atoms with Crippen LogP contribution < -0.4 is 14.8 Å². The maximum Gasteiger partial charge on any atom is 0.160 e. The van der Waals surface area contributed by atoms with Gasteiger partial charge in [-0.2, -0.15) is 0 Å². The summed E-state index contributed by atoms with van der Waals surface area (Å²) in [5.74, 6) is 1.46. The van der Waals surface area contributed by atoms with Gasteiger partial charge in [-0.25, -0.2) is 0 Å². The second-order valence-corrected chi connectivity index (χ2v) is 5.80. The minimum Gasteiger partial charge on any atom is -0.493 e. The van der Waals surface area contributed by atoms with Crippen LogP contribution in [-0.4, -0.2) is 45.1 Å². The maximum atomic E-state index is 9.95. The van der Waals surface area contributed by atoms with E-state index in [-0.39, 0.29) is 0 Å². The summed E-state index contributed by atoms with van der Waals surface area (Å²) >= 11 is 0. The lowest BCUT2D eigenvalue weighted by Crippen LogP contribution is -2.31. The summed E-state index contributed by atoms with van der Waals surface area (Å²) in [5.41, 5.74) is 2.26. The molecule has 0 aromatic heterocycles. The minimum atomic E-state index is -0.519. The third-order valence-electron chi connectivity index (χ3n) is 3.84. The summed E-state index contributed by atoms with van der Waals surface area (Å²) in [7, 11) is 3.26. The highest BCUT2D eigenvalue weighted by Crippen LogP contribution is 2.27. The van der Waals surface area contributed by atoms with E-state index in [2.05, 4.69) is 5.32 Å². The predicted molar refractivity (Wildman–Crippen MR) is 98.2 cm³/mol. The molecule has 5 heteroatoms. The van der Waals surface area contributed by atoms with Crippen molar-refractivity contribution in [3.63, 3.8) is 0 Å². The smallest absolute Gasteiger partial charge is 0.160 e. The molecule has 0 spiro atoms. The van der Waals surface area contributed by atoms with E-state index in [0.717, 1.165) is 35.6 Å². The van der Waals surface area contributed by atoms with Crippen LogP contribution in [0.4, 0.5) is 0 Å². The molecule has 5 nitrogen and oxygen atoms in total. The largest absolute Gasteiger partial charge is 0.493 e. The van der Waals surface area contributed by atoms with E-state index in [1.54, 1.807) is 14.2 Å². The van der Waals surface area contributed by atoms with Gasteiger partial charge in [-0.1, -0.05) is 36.4 Å². The van der Waals surface area contributed by atoms with E-state index >= 15 is 0 Å². The van der Waals surface area contributed by atoms with E-state index in [4.69, 9.17) is 14.2 Å². The Hall–Kier alpha value is -2.08. The van der Waals surface area contributed by atoms with Gasteiger partial charge in [0.1, 0.15) is 0 Å². The molecule has 0 fully saturated rings. The number of benzene rings is 2. The summed E-state index contributed by atoms with van der Waals surface area (Å²) < 4.78 is 16.1. The van der Waals surface area contributed by atoms with Crippen LogP contribution in [0, 0.1) is 0 Å². The zero-order valence-electron chi connectivity index (χ0n) is 14.9. The van der Waals surface area contributed by atoms with E-state index in [0.29, 0.717) is 19.8 Å². The topological polar surface area (TPSA) is 60.0 Å². The summed E-state index contributed by atoms with van der Waals surface area (Å²) in [4.78, 5) is 0. The second-order valence-electron chi connectivity index (χ2n) is 5.80. The molecule has 2 aromatic carbocycles. The normalized spacial score (nSPS) is 12.0. The summed E-state index contributed by atoms with van der Waals surface area (Å²) in [6, 6.07) is 15.8. The van der Waals surface area contributed by atoms with Gasteiger partial charge in [-0.05, 0) is 36.2 Å². The Labute approximate surface area is 149 Å². The number of ether oxygens (including phenoxy) is 3. The average molecular weight is 345 g/mol. The van der Waals surface area contributed by atoms with Crippen molar-refractivity contribution in [2.24, 2.45) is 0 Å². The second kappa shape index (κ2) is 10.7. The fourth-order valence-electron chi connectivity index (χ4n) is 2.48. The number of hydrogen-bond acceptors (Lipinski definition) is 5. The highest BCUT2D eigenvalue weighted by Gasteiger charge is 2.06. The van der Waals surface area contributed by atoms with Crippen molar-refractivity contribution in [1.82, 2.24) is 5.32 Å². The van der Waals surface area contributed by atoms with Crippen molar-refractivity contribution < 1.29 is 19.3 Å². The monoisotopic (exact) mass is 345 g/mol. The van der Waals surface area contributed by atoms with Gasteiger partial charge in [-0.3, -0.25) is 0 Å². The molecule has 0 saturated heterocycles. The number of nitrogens with one attached hydrogen (secondary N) is 1. The van der Waals surface area contributed by atoms with Gasteiger partial charge in [0.15, 0.2) is 11.5 Å². The lowest BCUT2D eigenvalue weighted by molar-refractivity contribution is 0.0290. The molecule has 0 aliphatic carbocycles. The molecule has 0 amide bonds. The fourth-order valence-corrected chi connectivity index (χ4v) is 2.48. The van der Waals surface area contributed by atoms with Crippen LogP contribution in [0.3, 0.4) is 0 Å². The van der Waals surface area contributed by atoms with Gasteiger partial charge in [-0.15, -0.1) is 0 Å². The molecule has 1 unspecified atom stereocenters. The van der Waals surface area contributed by atoms with Gasteiger partial charge in [0.25, 0.3) is 0 Å². The Morgan fingerprint density at radius 2 is 1.72 bits per heavy atom. The number of methoxy groups -OCH3 is 2. The van der Waals surface area contributed by atoms with Crippen LogP contribution in [0.1, 0.15) is 11.1 Å². The molecule has 0 bridgehead atoms. The van der Waals surface area contributed by atoms with Crippen LogP contribution in [0.25, 0.3) is 0 Å². The molecule has 0 aliphatic heterocycles. The molecule has 2 rings (SSSR count). The Morgan fingerprint density at radius 1 is 0.960 bits per heavy atom. The molecule has 2 N–H and O–H groups in total. The lowest BCUT2D eigenvalue weighted by Gasteiger charge is -2.13. The summed E-state index contributed by atoms with van der Waals surface area (Å²) in [6.07, 6.45) is 0.326. The Morgan fingerprint density at radius 3 is 2.44 bits per heavy atom. The molecule has 2 aromatic rings. The zero-order chi connectivity index (χ0) is 17.9. The molecule has 0 radical (unpaired) electrons. The molecule has 0 saturated carbocycles. The molecule has 25 heavy (non-hydrogen) atoms. The first-order chi connectivity index (χ1) is 12.2. The number of hydrogen-bond donors (Lipinski definition) is 2. The lowest BCUT2D eigenvalue weighted by atomic mass is 10.1. The van der Waals surface area contributed by atoms with E-state index in [1.165, 1.54) is 0 Å². The van der Waals surface area contributed by atoms with Gasteiger partial charge >= 0.3 is 0 Å². The average Bonchev–Trinajstić information content (AvgIpc) is 2.66. The summed E-state index contributed by atoms with van der Waals surface area (Å²) in [5, 5.41) is 13.2. The standard InChI is InChI=1S/C20H27NO4/c1-23-19-9-8-16(12-20(19)24-2)10-11-21-13-18(22)15-25-14-17-6-4-3-5-7-17/h3-9,12,18,21-22H,10-11,13-15H2,1-2H3. The van der Waals surface area contributed by atoms with Crippen molar-refractivity contribution >= 4 is 0 Å². The molecular weight excluding hydrogens is 318 g/mol. The van der Waals surface area contributed by atoms with E-state index in [9.17, 15) is 5.11 Å². The van der Waals surface area contributed by atoms with E-state index in [1.807, 2.05) is 48.5 Å². The molecule has 136 valence electrons. The first kappa shape index (κ1) is 19.2. The molecule has 1 atom stereocenters. The number of aliphatic hydroxyl groups is 1. The van der Waals surface area contributed by atoms with Gasteiger partial charge < -0.3 is 24.6 Å². The molecule has 0 aliphatic rings.